The molecule has 2 aromatic rings. The maximum absolute atomic E-state index is 13.7. The lowest BCUT2D eigenvalue weighted by molar-refractivity contribution is -0.131. The molecule has 0 aromatic heterocycles. The highest BCUT2D eigenvalue weighted by Crippen LogP contribution is 2.31. The van der Waals surface area contributed by atoms with E-state index in [0.29, 0.717) is 46.8 Å². The average molecular weight is 568 g/mol. The van der Waals surface area contributed by atoms with Crippen molar-refractivity contribution in [2.24, 2.45) is 5.92 Å². The van der Waals surface area contributed by atoms with Crippen molar-refractivity contribution < 1.29 is 27.5 Å². The summed E-state index contributed by atoms with van der Waals surface area (Å²) in [6.07, 6.45) is 0.389. The molecule has 0 bridgehead atoms. The minimum Gasteiger partial charge on any atom is -0.496 e. The Bertz CT molecular complexity index is 1330. The first kappa shape index (κ1) is 27.4. The van der Waals surface area contributed by atoms with Gasteiger partial charge in [0.15, 0.2) is 5.78 Å². The third-order valence-corrected chi connectivity index (χ3v) is 8.86. The quantitative estimate of drug-likeness (QED) is 0.571. The van der Waals surface area contributed by atoms with Gasteiger partial charge in [0, 0.05) is 43.5 Å². The third-order valence-electron chi connectivity index (χ3n) is 6.56. The Kier molecular flexibility index (Phi) is 8.42. The maximum atomic E-state index is 13.7. The number of methoxy groups -OCH3 is 1. The van der Waals surface area contributed by atoms with Crippen LogP contribution < -0.4 is 10.1 Å². The summed E-state index contributed by atoms with van der Waals surface area (Å²) in [6.45, 7) is 1.57. The minimum atomic E-state index is -4.46. The largest absolute Gasteiger partial charge is 0.496 e. The van der Waals surface area contributed by atoms with E-state index in [1.807, 2.05) is 0 Å². The summed E-state index contributed by atoms with van der Waals surface area (Å²) in [7, 11) is -2.97. The summed E-state index contributed by atoms with van der Waals surface area (Å²) < 4.78 is 33.3. The first-order valence-electron chi connectivity index (χ1n) is 11.8. The van der Waals surface area contributed by atoms with E-state index in [0.717, 1.165) is 0 Å². The second-order valence-corrected chi connectivity index (χ2v) is 11.7. The zero-order valence-electron chi connectivity index (χ0n) is 20.2. The number of nitrogens with one attached hydrogen (secondary N) is 1. The lowest BCUT2D eigenvalue weighted by atomic mass is 9.93. The van der Waals surface area contributed by atoms with Gasteiger partial charge in [-0.1, -0.05) is 23.2 Å². The predicted molar refractivity (Wildman–Crippen MR) is 139 cm³/mol. The fraction of sp³-hybridized carbons (Fsp3) is 0.400. The molecule has 0 saturated carbocycles. The molecule has 0 spiro atoms. The maximum Gasteiger partial charge on any atom is 0.266 e. The fourth-order valence-corrected chi connectivity index (χ4v) is 6.39. The molecular formula is C25H27Cl2N3O6S. The lowest BCUT2D eigenvalue weighted by Crippen LogP contribution is -2.46. The molecule has 2 amide bonds. The van der Waals surface area contributed by atoms with Gasteiger partial charge in [-0.05, 0) is 54.8 Å². The molecule has 2 saturated heterocycles. The van der Waals surface area contributed by atoms with Crippen molar-refractivity contribution in [1.82, 2.24) is 14.5 Å². The van der Waals surface area contributed by atoms with Crippen molar-refractivity contribution in [1.29, 1.82) is 0 Å². The van der Waals surface area contributed by atoms with Crippen molar-refractivity contribution in [2.45, 2.75) is 24.2 Å². The minimum absolute atomic E-state index is 0.0263. The predicted octanol–water partition coefficient (Wildman–Crippen LogP) is 2.79. The number of sulfonamides is 1. The smallest absolute Gasteiger partial charge is 0.266 e. The second kappa shape index (κ2) is 11.4. The van der Waals surface area contributed by atoms with Gasteiger partial charge in [-0.3, -0.25) is 14.4 Å². The average Bonchev–Trinajstić information content (AvgIpc) is 3.03. The molecule has 1 N–H and O–H groups in total. The number of ketones is 1. The Balaban J connectivity index is 1.66. The standard InChI is InChI=1S/C25H27Cl2N3O6S/c1-36-23-7-3-18(26)13-17(23)12-16-2-4-19(31)15-30(24(16)32)37(34,35)20-5-6-22(27)21(14-20)25(33)29-10-8-28-9-11-29/h3,5-7,13-14,16,28H,2,4,8-12,15H2,1H3. The third kappa shape index (κ3) is 5.93. The molecule has 2 fully saturated rings. The number of rotatable bonds is 6. The number of nitrogens with zero attached hydrogens (tertiary/aromatic N) is 2. The lowest BCUT2D eigenvalue weighted by Gasteiger charge is -2.28. The monoisotopic (exact) mass is 567 g/mol. The van der Waals surface area contributed by atoms with E-state index in [1.54, 1.807) is 23.1 Å². The number of carbonyl (C=O) groups is 3. The van der Waals surface area contributed by atoms with Crippen LogP contribution in [0.3, 0.4) is 0 Å². The van der Waals surface area contributed by atoms with Crippen LogP contribution in [0.1, 0.15) is 28.8 Å². The van der Waals surface area contributed by atoms with Crippen LogP contribution in [0.4, 0.5) is 0 Å². The fourth-order valence-electron chi connectivity index (χ4n) is 4.54. The van der Waals surface area contributed by atoms with Crippen molar-refractivity contribution in [3.8, 4) is 5.75 Å². The van der Waals surface area contributed by atoms with Crippen molar-refractivity contribution in [3.63, 3.8) is 0 Å². The molecule has 12 heteroatoms. The molecule has 0 aliphatic carbocycles. The van der Waals surface area contributed by atoms with Gasteiger partial charge in [0.1, 0.15) is 5.75 Å². The summed E-state index contributed by atoms with van der Waals surface area (Å²) in [5, 5.41) is 3.69. The normalized spacial score (nSPS) is 19.1. The van der Waals surface area contributed by atoms with Crippen LogP contribution in [0.5, 0.6) is 5.75 Å². The van der Waals surface area contributed by atoms with Crippen LogP contribution in [0.15, 0.2) is 41.3 Å². The summed E-state index contributed by atoms with van der Waals surface area (Å²) in [5.41, 5.74) is 0.661. The van der Waals surface area contributed by atoms with Crippen molar-refractivity contribution in [2.75, 3.05) is 39.8 Å². The molecule has 2 aliphatic heterocycles. The molecule has 1 atom stereocenters. The highest BCUT2D eigenvalue weighted by atomic mass is 35.5. The summed E-state index contributed by atoms with van der Waals surface area (Å²) in [6, 6.07) is 8.72. The van der Waals surface area contributed by atoms with Gasteiger partial charge in [0.05, 0.1) is 29.1 Å². The number of benzene rings is 2. The molecule has 0 radical (unpaired) electrons. The van der Waals surface area contributed by atoms with E-state index >= 15 is 0 Å². The van der Waals surface area contributed by atoms with Crippen LogP contribution >= 0.6 is 23.2 Å². The molecule has 2 heterocycles. The summed E-state index contributed by atoms with van der Waals surface area (Å²) >= 11 is 12.4. The van der Waals surface area contributed by atoms with E-state index in [9.17, 15) is 22.8 Å². The molecule has 9 nitrogen and oxygen atoms in total. The molecular weight excluding hydrogens is 541 g/mol. The Hall–Kier alpha value is -2.66. The van der Waals surface area contributed by atoms with Crippen molar-refractivity contribution in [3.05, 3.63) is 57.6 Å². The van der Waals surface area contributed by atoms with E-state index in [2.05, 4.69) is 5.32 Å². The number of piperazine rings is 1. The Morgan fingerprint density at radius 3 is 2.54 bits per heavy atom. The van der Waals surface area contributed by atoms with E-state index in [-0.39, 0.29) is 40.5 Å². The van der Waals surface area contributed by atoms with Gasteiger partial charge in [-0.15, -0.1) is 0 Å². The molecule has 4 rings (SSSR count). The van der Waals surface area contributed by atoms with Crippen LogP contribution in [-0.2, 0) is 26.0 Å². The Labute approximate surface area is 225 Å². The van der Waals surface area contributed by atoms with Crippen LogP contribution in [0.25, 0.3) is 0 Å². The topological polar surface area (TPSA) is 113 Å². The Morgan fingerprint density at radius 2 is 1.84 bits per heavy atom. The van der Waals surface area contributed by atoms with Gasteiger partial charge in [-0.25, -0.2) is 12.7 Å². The van der Waals surface area contributed by atoms with Crippen molar-refractivity contribution >= 4 is 50.8 Å². The number of carbonyl (C=O) groups excluding carboxylic acids is 3. The van der Waals surface area contributed by atoms with Crippen LogP contribution in [-0.4, -0.2) is 75.1 Å². The second-order valence-electron chi connectivity index (χ2n) is 8.97. The number of halogens is 2. The zero-order chi connectivity index (χ0) is 26.7. The van der Waals surface area contributed by atoms with Gasteiger partial charge >= 0.3 is 0 Å². The molecule has 2 aromatic carbocycles. The summed E-state index contributed by atoms with van der Waals surface area (Å²) in [5.74, 6) is -1.74. The zero-order valence-corrected chi connectivity index (χ0v) is 22.5. The van der Waals surface area contributed by atoms with E-state index < -0.39 is 34.3 Å². The number of ether oxygens (including phenoxy) is 1. The van der Waals surface area contributed by atoms with E-state index in [1.165, 1.54) is 25.3 Å². The van der Waals surface area contributed by atoms with Gasteiger partial charge < -0.3 is 15.0 Å². The van der Waals surface area contributed by atoms with Gasteiger partial charge in [-0.2, -0.15) is 0 Å². The molecule has 198 valence electrons. The van der Waals surface area contributed by atoms with Gasteiger partial charge in [0.2, 0.25) is 5.91 Å². The SMILES string of the molecule is COc1ccc(Cl)cc1CC1CCC(=O)CN(S(=O)(=O)c2ccc(Cl)c(C(=O)N3CCNCC3)c2)C1=O. The molecule has 37 heavy (non-hydrogen) atoms. The van der Waals surface area contributed by atoms with E-state index in [4.69, 9.17) is 27.9 Å². The highest BCUT2D eigenvalue weighted by molar-refractivity contribution is 7.89. The Morgan fingerprint density at radius 1 is 1.11 bits per heavy atom. The molecule has 1 unspecified atom stereocenters. The molecule has 2 aliphatic rings. The summed E-state index contributed by atoms with van der Waals surface area (Å²) in [4.78, 5) is 40.4. The van der Waals surface area contributed by atoms with Crippen LogP contribution in [0, 0.1) is 5.92 Å². The number of hydrogen-bond donors (Lipinski definition) is 1. The number of Topliss-reactive ketones (excluding diaryl/α,β-unsaturated/α-hetero) is 1. The number of amides is 2. The van der Waals surface area contributed by atoms with Gasteiger partial charge in [0.25, 0.3) is 15.9 Å². The first-order chi connectivity index (χ1) is 17.6. The number of hydrogen-bond acceptors (Lipinski definition) is 7. The first-order valence-corrected chi connectivity index (χ1v) is 14.0. The van der Waals surface area contributed by atoms with Crippen LogP contribution in [0.2, 0.25) is 10.0 Å². The highest BCUT2D eigenvalue weighted by Gasteiger charge is 2.39.